The molecular weight excluding hydrogens is 282 g/mol. The Morgan fingerprint density at radius 1 is 1.24 bits per heavy atom. The van der Waals surface area contributed by atoms with Crippen LogP contribution in [0, 0.1) is 0 Å². The molecule has 0 bridgehead atoms. The lowest BCUT2D eigenvalue weighted by atomic mass is 10.2. The maximum Gasteiger partial charge on any atom is 0.321 e. The van der Waals surface area contributed by atoms with Gasteiger partial charge in [-0.3, -0.25) is 9.59 Å². The van der Waals surface area contributed by atoms with Crippen LogP contribution in [0.1, 0.15) is 6.42 Å². The quantitative estimate of drug-likeness (QED) is 0.652. The molecule has 0 aromatic carbocycles. The number of nitrogens with two attached hydrogens (primary N) is 1. The number of aliphatic carboxylic acids is 1. The Morgan fingerprint density at radius 2 is 2.00 bits per heavy atom. The van der Waals surface area contributed by atoms with E-state index < -0.39 is 24.0 Å². The molecule has 0 saturated carbocycles. The molecule has 118 valence electrons. The molecule has 0 aromatic heterocycles. The first kappa shape index (κ1) is 15.5. The van der Waals surface area contributed by atoms with Gasteiger partial charge in [-0.05, 0) is 0 Å². The summed E-state index contributed by atoms with van der Waals surface area (Å²) in [5.74, 6) is -1.59. The molecule has 2 aliphatic heterocycles. The van der Waals surface area contributed by atoms with Crippen LogP contribution >= 0.6 is 0 Å². The van der Waals surface area contributed by atoms with Crippen LogP contribution in [0.2, 0.25) is 0 Å². The lowest BCUT2D eigenvalue weighted by molar-refractivity contribution is -0.141. The highest BCUT2D eigenvalue weighted by atomic mass is 16.5. The van der Waals surface area contributed by atoms with Gasteiger partial charge in [-0.1, -0.05) is 0 Å². The van der Waals surface area contributed by atoms with E-state index in [1.165, 1.54) is 9.80 Å². The molecule has 0 aromatic rings. The molecule has 2 heterocycles. The summed E-state index contributed by atoms with van der Waals surface area (Å²) in [6.07, 6.45) is -0.695. The van der Waals surface area contributed by atoms with Crippen LogP contribution in [0.5, 0.6) is 0 Å². The lowest BCUT2D eigenvalue weighted by Crippen LogP contribution is -2.60. The topological polar surface area (TPSA) is 122 Å². The van der Waals surface area contributed by atoms with E-state index in [9.17, 15) is 14.4 Å². The third-order valence-electron chi connectivity index (χ3n) is 3.51. The van der Waals surface area contributed by atoms with Gasteiger partial charge in [0.25, 0.3) is 0 Å². The molecule has 2 saturated heterocycles. The van der Waals surface area contributed by atoms with Gasteiger partial charge in [-0.15, -0.1) is 0 Å². The van der Waals surface area contributed by atoms with Gasteiger partial charge >= 0.3 is 12.0 Å². The summed E-state index contributed by atoms with van der Waals surface area (Å²) < 4.78 is 10.5. The number of amides is 3. The maximum absolute atomic E-state index is 12.5. The van der Waals surface area contributed by atoms with Crippen LogP contribution in [0.4, 0.5) is 4.79 Å². The number of primary amides is 1. The third-order valence-corrected chi connectivity index (χ3v) is 3.51. The minimum atomic E-state index is -0.976. The summed E-state index contributed by atoms with van der Waals surface area (Å²) in [4.78, 5) is 37.5. The Labute approximate surface area is 121 Å². The van der Waals surface area contributed by atoms with E-state index in [2.05, 4.69) is 0 Å². The molecule has 9 nitrogen and oxygen atoms in total. The Morgan fingerprint density at radius 3 is 2.67 bits per heavy atom. The molecule has 0 aliphatic carbocycles. The Bertz CT molecular complexity index is 429. The first-order valence-corrected chi connectivity index (χ1v) is 6.75. The number of hydrogen-bond donors (Lipinski definition) is 2. The van der Waals surface area contributed by atoms with E-state index in [4.69, 9.17) is 20.3 Å². The number of nitrogens with zero attached hydrogens (tertiary/aromatic N) is 2. The monoisotopic (exact) mass is 301 g/mol. The van der Waals surface area contributed by atoms with Crippen molar-refractivity contribution in [3.63, 3.8) is 0 Å². The second-order valence-electron chi connectivity index (χ2n) is 5.01. The molecular formula is C12H19N3O6. The van der Waals surface area contributed by atoms with E-state index in [0.717, 1.165) is 0 Å². The Balaban J connectivity index is 2.00. The highest BCUT2D eigenvalue weighted by Crippen LogP contribution is 2.15. The Kier molecular flexibility index (Phi) is 4.97. The summed E-state index contributed by atoms with van der Waals surface area (Å²) >= 11 is 0. The number of rotatable bonds is 3. The van der Waals surface area contributed by atoms with Crippen molar-refractivity contribution in [2.24, 2.45) is 5.73 Å². The summed E-state index contributed by atoms with van der Waals surface area (Å²) in [5, 5.41) is 8.78. The zero-order valence-electron chi connectivity index (χ0n) is 11.6. The van der Waals surface area contributed by atoms with Crippen LogP contribution < -0.4 is 5.73 Å². The predicted octanol–water partition coefficient (Wildman–Crippen LogP) is -1.53. The van der Waals surface area contributed by atoms with Crippen molar-refractivity contribution in [2.75, 3.05) is 39.5 Å². The van der Waals surface area contributed by atoms with E-state index in [0.29, 0.717) is 13.2 Å². The molecule has 0 spiro atoms. The average Bonchev–Trinajstić information content (AvgIpc) is 2.46. The van der Waals surface area contributed by atoms with Crippen LogP contribution in [-0.2, 0) is 19.1 Å². The molecule has 21 heavy (non-hydrogen) atoms. The molecule has 9 heteroatoms. The fraction of sp³-hybridized carbons (Fsp3) is 0.750. The van der Waals surface area contributed by atoms with Crippen molar-refractivity contribution in [1.29, 1.82) is 0 Å². The van der Waals surface area contributed by atoms with Crippen molar-refractivity contribution in [3.05, 3.63) is 0 Å². The molecule has 2 unspecified atom stereocenters. The highest BCUT2D eigenvalue weighted by Gasteiger charge is 2.36. The molecule has 3 amide bonds. The summed E-state index contributed by atoms with van der Waals surface area (Å²) in [6, 6.07) is -1.12. The fourth-order valence-corrected chi connectivity index (χ4v) is 2.46. The molecule has 3 N–H and O–H groups in total. The summed E-state index contributed by atoms with van der Waals surface area (Å²) in [5.41, 5.74) is 5.28. The van der Waals surface area contributed by atoms with Gasteiger partial charge in [-0.2, -0.15) is 0 Å². The highest BCUT2D eigenvalue weighted by molar-refractivity contribution is 5.86. The number of carboxylic acid groups (broad SMARTS) is 1. The molecule has 2 atom stereocenters. The normalized spacial score (nSPS) is 26.5. The predicted molar refractivity (Wildman–Crippen MR) is 69.5 cm³/mol. The third kappa shape index (κ3) is 3.82. The smallest absolute Gasteiger partial charge is 0.321 e. The zero-order valence-corrected chi connectivity index (χ0v) is 11.6. The molecule has 0 radical (unpaired) electrons. The molecule has 2 rings (SSSR count). The number of morpholine rings is 2. The van der Waals surface area contributed by atoms with E-state index >= 15 is 0 Å². The zero-order chi connectivity index (χ0) is 15.4. The van der Waals surface area contributed by atoms with Crippen LogP contribution in [0.15, 0.2) is 0 Å². The van der Waals surface area contributed by atoms with E-state index in [1.54, 1.807) is 0 Å². The van der Waals surface area contributed by atoms with Crippen molar-refractivity contribution in [2.45, 2.75) is 18.6 Å². The van der Waals surface area contributed by atoms with Gasteiger partial charge in [0.05, 0.1) is 32.3 Å². The first-order chi connectivity index (χ1) is 9.99. The largest absolute Gasteiger partial charge is 0.481 e. The van der Waals surface area contributed by atoms with Crippen molar-refractivity contribution in [3.8, 4) is 0 Å². The lowest BCUT2D eigenvalue weighted by Gasteiger charge is -2.40. The van der Waals surface area contributed by atoms with Crippen molar-refractivity contribution in [1.82, 2.24) is 9.80 Å². The van der Waals surface area contributed by atoms with Crippen LogP contribution in [0.3, 0.4) is 0 Å². The van der Waals surface area contributed by atoms with Crippen molar-refractivity contribution >= 4 is 17.9 Å². The van der Waals surface area contributed by atoms with E-state index in [-0.39, 0.29) is 38.8 Å². The summed E-state index contributed by atoms with van der Waals surface area (Å²) in [7, 11) is 0. The van der Waals surface area contributed by atoms with E-state index in [1.807, 2.05) is 0 Å². The number of urea groups is 1. The number of carbonyl (C=O) groups excluding carboxylic acids is 2. The minimum Gasteiger partial charge on any atom is -0.481 e. The average molecular weight is 301 g/mol. The molecule has 2 fully saturated rings. The Hall–Kier alpha value is -1.87. The number of carbonyl (C=O) groups is 3. The van der Waals surface area contributed by atoms with Gasteiger partial charge in [-0.25, -0.2) is 4.79 Å². The van der Waals surface area contributed by atoms with Gasteiger partial charge < -0.3 is 30.1 Å². The second kappa shape index (κ2) is 6.72. The minimum absolute atomic E-state index is 0.0873. The SMILES string of the molecule is NC(=O)C1COCCN1C(=O)N1CCOC(CC(=O)O)C1. The number of carboxylic acids is 1. The maximum atomic E-state index is 12.5. The van der Waals surface area contributed by atoms with Gasteiger partial charge in [0, 0.05) is 19.6 Å². The van der Waals surface area contributed by atoms with Crippen LogP contribution in [0.25, 0.3) is 0 Å². The number of hydrogen-bond acceptors (Lipinski definition) is 5. The van der Waals surface area contributed by atoms with Crippen LogP contribution in [-0.4, -0.2) is 84.4 Å². The standard InChI is InChI=1S/C12H19N3O6/c13-11(18)9-7-20-3-2-15(9)12(19)14-1-4-21-8(6-14)5-10(16)17/h8-9H,1-7H2,(H2,13,18)(H,16,17). The summed E-state index contributed by atoms with van der Waals surface area (Å²) in [6.45, 7) is 1.54. The van der Waals surface area contributed by atoms with Gasteiger partial charge in [0.1, 0.15) is 6.04 Å². The fourth-order valence-electron chi connectivity index (χ4n) is 2.46. The second-order valence-corrected chi connectivity index (χ2v) is 5.01. The molecule has 2 aliphatic rings. The first-order valence-electron chi connectivity index (χ1n) is 6.75. The number of ether oxygens (including phenoxy) is 2. The van der Waals surface area contributed by atoms with Crippen molar-refractivity contribution < 1.29 is 29.0 Å². The van der Waals surface area contributed by atoms with Gasteiger partial charge in [0.15, 0.2) is 0 Å². The van der Waals surface area contributed by atoms with Gasteiger partial charge in [0.2, 0.25) is 5.91 Å².